The highest BCUT2D eigenvalue weighted by Crippen LogP contribution is 2.46. The van der Waals surface area contributed by atoms with Crippen LogP contribution in [0.15, 0.2) is 42.9 Å². The molecular weight excluding hydrogens is 592 g/mol. The molecule has 3 aliphatic rings. The SMILES string of the molecule is CCOc1cc2c(cc1OCC)[C@]1(CC[C@H](C(=O)N3CCN(c4ncnc5c4cnn5Cc4cccc(CC)n4)CC3)CC1)NCC2. The smallest absolute Gasteiger partial charge is 0.225 e. The molecule has 1 spiro atoms. The van der Waals surface area contributed by atoms with Crippen molar-refractivity contribution in [1.29, 1.82) is 0 Å². The summed E-state index contributed by atoms with van der Waals surface area (Å²) in [6, 6.07) is 10.5. The van der Waals surface area contributed by atoms with E-state index in [1.807, 2.05) is 42.9 Å². The zero-order valence-corrected chi connectivity index (χ0v) is 27.9. The van der Waals surface area contributed by atoms with E-state index in [1.54, 1.807) is 6.33 Å². The van der Waals surface area contributed by atoms with Gasteiger partial charge in [0, 0.05) is 49.9 Å². The predicted molar refractivity (Wildman–Crippen MR) is 181 cm³/mol. The number of carbonyl (C=O) groups excluding carboxylic acids is 1. The third-order valence-electron chi connectivity index (χ3n) is 10.2. The van der Waals surface area contributed by atoms with Crippen LogP contribution in [0.2, 0.25) is 0 Å². The minimum absolute atomic E-state index is 0.0530. The van der Waals surface area contributed by atoms with E-state index < -0.39 is 0 Å². The number of amides is 1. The van der Waals surface area contributed by atoms with Crippen LogP contribution < -0.4 is 19.7 Å². The van der Waals surface area contributed by atoms with Crippen LogP contribution in [0.4, 0.5) is 5.82 Å². The number of nitrogens with zero attached hydrogens (tertiary/aromatic N) is 7. The Bertz CT molecular complexity index is 1720. The lowest BCUT2D eigenvalue weighted by Gasteiger charge is -2.46. The molecule has 1 amide bonds. The summed E-state index contributed by atoms with van der Waals surface area (Å²) in [5.74, 6) is 2.88. The van der Waals surface area contributed by atoms with Gasteiger partial charge in [0.25, 0.3) is 0 Å². The molecule has 1 aromatic carbocycles. The summed E-state index contributed by atoms with van der Waals surface area (Å²) in [5, 5.41) is 9.43. The molecule has 1 saturated carbocycles. The highest BCUT2D eigenvalue weighted by atomic mass is 16.5. The maximum Gasteiger partial charge on any atom is 0.225 e. The molecule has 1 aliphatic carbocycles. The lowest BCUT2D eigenvalue weighted by atomic mass is 9.69. The number of ether oxygens (including phenoxy) is 2. The third-order valence-corrected chi connectivity index (χ3v) is 10.2. The molecule has 11 heteroatoms. The predicted octanol–water partition coefficient (Wildman–Crippen LogP) is 4.51. The van der Waals surface area contributed by atoms with Crippen LogP contribution in [0.5, 0.6) is 11.5 Å². The van der Waals surface area contributed by atoms with Crippen LogP contribution in [0.1, 0.15) is 69.0 Å². The van der Waals surface area contributed by atoms with Gasteiger partial charge in [-0.25, -0.2) is 14.6 Å². The molecule has 3 aromatic heterocycles. The number of aromatic nitrogens is 5. The second kappa shape index (κ2) is 13.5. The normalized spacial score (nSPS) is 21.2. The second-order valence-corrected chi connectivity index (χ2v) is 12.9. The first-order valence-corrected chi connectivity index (χ1v) is 17.3. The molecule has 1 N–H and O–H groups in total. The standard InChI is InChI=1S/C36H46N8O3/c1-4-27-8-7-9-28(41-27)23-44-34-29(22-40-44)33(37-24-38-34)42-16-18-43(19-17-42)35(45)25-10-13-36(14-11-25)30-21-32(47-6-3)31(46-5-2)20-26(30)12-15-39-36/h7-9,20-22,24-25,39H,4-6,10-19,23H2,1-3H3/t25-,36+. The van der Waals surface area contributed by atoms with Gasteiger partial charge in [0.1, 0.15) is 12.1 Å². The number of hydrogen-bond acceptors (Lipinski definition) is 9. The van der Waals surface area contributed by atoms with Crippen LogP contribution in [0, 0.1) is 5.92 Å². The van der Waals surface area contributed by atoms with Crippen LogP contribution >= 0.6 is 0 Å². The van der Waals surface area contributed by atoms with Gasteiger partial charge in [-0.2, -0.15) is 5.10 Å². The van der Waals surface area contributed by atoms with Gasteiger partial charge in [-0.15, -0.1) is 0 Å². The van der Waals surface area contributed by atoms with Crippen LogP contribution in [-0.2, 0) is 29.7 Å². The number of hydrogen-bond donors (Lipinski definition) is 1. The lowest BCUT2D eigenvalue weighted by molar-refractivity contribution is -0.137. The quantitative estimate of drug-likeness (QED) is 0.283. The van der Waals surface area contributed by atoms with E-state index in [-0.39, 0.29) is 11.5 Å². The molecule has 7 rings (SSSR count). The zero-order valence-electron chi connectivity index (χ0n) is 27.9. The Morgan fingerprint density at radius 1 is 0.979 bits per heavy atom. The van der Waals surface area contributed by atoms with Gasteiger partial charge in [-0.3, -0.25) is 9.78 Å². The summed E-state index contributed by atoms with van der Waals surface area (Å²) in [6.45, 7) is 11.7. The summed E-state index contributed by atoms with van der Waals surface area (Å²) < 4.78 is 13.8. The highest BCUT2D eigenvalue weighted by Gasteiger charge is 2.43. The maximum atomic E-state index is 13.8. The van der Waals surface area contributed by atoms with Crippen LogP contribution in [-0.4, -0.2) is 81.5 Å². The van der Waals surface area contributed by atoms with Crippen molar-refractivity contribution < 1.29 is 14.3 Å². The van der Waals surface area contributed by atoms with Crippen molar-refractivity contribution in [3.8, 4) is 11.5 Å². The molecule has 0 bridgehead atoms. The lowest BCUT2D eigenvalue weighted by Crippen LogP contribution is -2.53. The first kappa shape index (κ1) is 31.4. The fourth-order valence-corrected chi connectivity index (χ4v) is 7.74. The fourth-order valence-electron chi connectivity index (χ4n) is 7.74. The van der Waals surface area contributed by atoms with Crippen molar-refractivity contribution in [2.45, 2.75) is 71.4 Å². The molecule has 1 saturated heterocycles. The summed E-state index contributed by atoms with van der Waals surface area (Å²) in [6.07, 6.45) is 8.99. The average Bonchev–Trinajstić information content (AvgIpc) is 3.52. The molecule has 2 aliphatic heterocycles. The molecule has 4 aromatic rings. The van der Waals surface area contributed by atoms with E-state index in [9.17, 15) is 4.79 Å². The Kier molecular flexibility index (Phi) is 8.98. The number of carbonyl (C=O) groups is 1. The van der Waals surface area contributed by atoms with E-state index in [0.717, 1.165) is 97.9 Å². The molecule has 0 unspecified atom stereocenters. The molecule has 47 heavy (non-hydrogen) atoms. The summed E-state index contributed by atoms with van der Waals surface area (Å²) in [7, 11) is 0. The Hall–Kier alpha value is -4.25. The maximum absolute atomic E-state index is 13.8. The summed E-state index contributed by atoms with van der Waals surface area (Å²) in [4.78, 5) is 32.1. The largest absolute Gasteiger partial charge is 0.490 e. The van der Waals surface area contributed by atoms with Gasteiger partial charge < -0.3 is 24.6 Å². The van der Waals surface area contributed by atoms with Crippen molar-refractivity contribution in [3.63, 3.8) is 0 Å². The minimum atomic E-state index is -0.114. The van der Waals surface area contributed by atoms with Crippen molar-refractivity contribution in [3.05, 3.63) is 65.4 Å². The van der Waals surface area contributed by atoms with Gasteiger partial charge in [0.2, 0.25) is 5.91 Å². The molecule has 5 heterocycles. The number of benzene rings is 1. The van der Waals surface area contributed by atoms with Gasteiger partial charge in [-0.05, 0) is 87.8 Å². The monoisotopic (exact) mass is 638 g/mol. The number of pyridine rings is 1. The fraction of sp³-hybridized carbons (Fsp3) is 0.528. The van der Waals surface area contributed by atoms with E-state index in [1.165, 1.54) is 11.1 Å². The highest BCUT2D eigenvalue weighted by molar-refractivity contribution is 5.87. The molecule has 11 nitrogen and oxygen atoms in total. The molecule has 248 valence electrons. The topological polar surface area (TPSA) is 111 Å². The number of aryl methyl sites for hydroxylation is 1. The second-order valence-electron chi connectivity index (χ2n) is 12.9. The number of piperazine rings is 1. The Morgan fingerprint density at radius 3 is 2.47 bits per heavy atom. The van der Waals surface area contributed by atoms with Gasteiger partial charge in [0.15, 0.2) is 17.1 Å². The van der Waals surface area contributed by atoms with Gasteiger partial charge in [-0.1, -0.05) is 13.0 Å². The Morgan fingerprint density at radius 2 is 1.72 bits per heavy atom. The summed E-state index contributed by atoms with van der Waals surface area (Å²) >= 11 is 0. The van der Waals surface area contributed by atoms with Gasteiger partial charge >= 0.3 is 0 Å². The zero-order chi connectivity index (χ0) is 32.4. The van der Waals surface area contributed by atoms with Crippen LogP contribution in [0.3, 0.4) is 0 Å². The van der Waals surface area contributed by atoms with Crippen molar-refractivity contribution in [1.82, 2.24) is 34.9 Å². The average molecular weight is 639 g/mol. The number of rotatable bonds is 9. The number of nitrogens with one attached hydrogen (secondary N) is 1. The Labute approximate surface area is 276 Å². The number of fused-ring (bicyclic) bond motifs is 3. The third kappa shape index (κ3) is 6.13. The van der Waals surface area contributed by atoms with E-state index in [0.29, 0.717) is 38.8 Å². The van der Waals surface area contributed by atoms with E-state index in [4.69, 9.17) is 14.5 Å². The van der Waals surface area contributed by atoms with Crippen molar-refractivity contribution >= 4 is 22.8 Å². The molecular formula is C36H46N8O3. The molecule has 0 radical (unpaired) electrons. The summed E-state index contributed by atoms with van der Waals surface area (Å²) in [5.41, 5.74) is 5.37. The van der Waals surface area contributed by atoms with E-state index in [2.05, 4.69) is 49.2 Å². The molecule has 0 atom stereocenters. The van der Waals surface area contributed by atoms with Crippen molar-refractivity contribution in [2.75, 3.05) is 50.8 Å². The van der Waals surface area contributed by atoms with Gasteiger partial charge in [0.05, 0.1) is 37.0 Å². The van der Waals surface area contributed by atoms with E-state index >= 15 is 0 Å². The van der Waals surface area contributed by atoms with Crippen molar-refractivity contribution in [2.24, 2.45) is 5.92 Å². The Balaban J connectivity index is 0.990. The molecule has 2 fully saturated rings. The number of anilines is 1. The minimum Gasteiger partial charge on any atom is -0.490 e. The van der Waals surface area contributed by atoms with Crippen LogP contribution in [0.25, 0.3) is 11.0 Å². The first-order valence-electron chi connectivity index (χ1n) is 17.3. The first-order chi connectivity index (χ1) is 23.0.